The maximum atomic E-state index is 12.4. The number of nitrogens with one attached hydrogen (secondary N) is 3. The molecule has 0 bridgehead atoms. The molecule has 0 aromatic carbocycles. The zero-order chi connectivity index (χ0) is 20.2. The van der Waals surface area contributed by atoms with Gasteiger partial charge in [-0.05, 0) is 39.8 Å². The first kappa shape index (κ1) is 20.1. The molecule has 3 N–H and O–H groups in total. The van der Waals surface area contributed by atoms with Crippen LogP contribution in [0.4, 0.5) is 4.79 Å². The quantitative estimate of drug-likeness (QED) is 0.677. The predicted octanol–water partition coefficient (Wildman–Crippen LogP) is 0.114. The maximum absolute atomic E-state index is 12.4. The molecule has 0 unspecified atom stereocenters. The number of rotatable bonds is 5. The summed E-state index contributed by atoms with van der Waals surface area (Å²) in [6.45, 7) is 6.65. The summed E-state index contributed by atoms with van der Waals surface area (Å²) < 4.78 is 6.06. The zero-order valence-corrected chi connectivity index (χ0v) is 15.7. The second-order valence-electron chi connectivity index (χ2n) is 6.95. The van der Waals surface area contributed by atoms with Crippen LogP contribution in [-0.4, -0.2) is 44.7 Å². The molecule has 1 atom stereocenters. The van der Waals surface area contributed by atoms with Gasteiger partial charge in [-0.1, -0.05) is 0 Å². The van der Waals surface area contributed by atoms with Crippen molar-refractivity contribution in [2.24, 2.45) is 0 Å². The number of ether oxygens (including phenoxy) is 1. The number of alkyl carbamates (subject to hydrolysis) is 1. The smallest absolute Gasteiger partial charge is 0.408 e. The topological polar surface area (TPSA) is 135 Å². The van der Waals surface area contributed by atoms with Crippen LogP contribution < -0.4 is 21.9 Å². The fraction of sp³-hybridized carbons (Fsp3) is 0.471. The number of fused-ring (bicyclic) bond motifs is 1. The summed E-state index contributed by atoms with van der Waals surface area (Å²) in [4.78, 5) is 54.6. The SMILES string of the molecule is C[C@@H](NC(=O)OC(C)(C)C)C(=O)NCCn1c(=O)[nH]c2ncccc2c1=O. The summed E-state index contributed by atoms with van der Waals surface area (Å²) in [7, 11) is 0. The Hall–Kier alpha value is -3.17. The van der Waals surface area contributed by atoms with Crippen molar-refractivity contribution in [1.29, 1.82) is 0 Å². The van der Waals surface area contributed by atoms with Crippen molar-refractivity contribution >= 4 is 23.0 Å². The van der Waals surface area contributed by atoms with Crippen LogP contribution in [0.2, 0.25) is 0 Å². The first-order chi connectivity index (χ1) is 12.6. The predicted molar refractivity (Wildman–Crippen MR) is 98.5 cm³/mol. The Bertz CT molecular complexity index is 957. The molecule has 2 heterocycles. The third-order valence-electron chi connectivity index (χ3n) is 3.51. The Morgan fingerprint density at radius 3 is 2.70 bits per heavy atom. The molecule has 2 aromatic heterocycles. The summed E-state index contributed by atoms with van der Waals surface area (Å²) in [6.07, 6.45) is 0.765. The number of aromatic nitrogens is 3. The van der Waals surface area contributed by atoms with Gasteiger partial charge in [0.25, 0.3) is 5.56 Å². The summed E-state index contributed by atoms with van der Waals surface area (Å²) >= 11 is 0. The Labute approximate surface area is 154 Å². The number of hydrogen-bond donors (Lipinski definition) is 3. The minimum absolute atomic E-state index is 0.0239. The second-order valence-corrected chi connectivity index (χ2v) is 6.95. The van der Waals surface area contributed by atoms with Gasteiger partial charge in [-0.3, -0.25) is 19.1 Å². The molecule has 2 aromatic rings. The molecule has 0 fully saturated rings. The molecule has 0 spiro atoms. The van der Waals surface area contributed by atoms with Crippen molar-refractivity contribution in [2.45, 2.75) is 45.9 Å². The van der Waals surface area contributed by atoms with E-state index < -0.39 is 34.9 Å². The third kappa shape index (κ3) is 5.40. The molecule has 0 aliphatic carbocycles. The Kier molecular flexibility index (Phi) is 5.98. The lowest BCUT2D eigenvalue weighted by atomic mass is 10.2. The van der Waals surface area contributed by atoms with Crippen LogP contribution in [0.1, 0.15) is 27.7 Å². The minimum atomic E-state index is -0.837. The molecular formula is C17H23N5O5. The van der Waals surface area contributed by atoms with Crippen LogP contribution in [-0.2, 0) is 16.1 Å². The van der Waals surface area contributed by atoms with E-state index in [-0.39, 0.29) is 24.1 Å². The number of carbonyl (C=O) groups is 2. The summed E-state index contributed by atoms with van der Waals surface area (Å²) in [5, 5.41) is 5.26. The first-order valence-corrected chi connectivity index (χ1v) is 8.43. The fourth-order valence-corrected chi connectivity index (χ4v) is 2.28. The lowest BCUT2D eigenvalue weighted by Crippen LogP contribution is -2.47. The number of aromatic amines is 1. The van der Waals surface area contributed by atoms with Gasteiger partial charge in [0.2, 0.25) is 5.91 Å². The average Bonchev–Trinajstić information content (AvgIpc) is 2.55. The second kappa shape index (κ2) is 8.02. The monoisotopic (exact) mass is 377 g/mol. The molecular weight excluding hydrogens is 354 g/mol. The Balaban J connectivity index is 1.95. The van der Waals surface area contributed by atoms with E-state index in [0.29, 0.717) is 0 Å². The lowest BCUT2D eigenvalue weighted by molar-refractivity contribution is -0.122. The fourth-order valence-electron chi connectivity index (χ4n) is 2.28. The molecule has 0 aliphatic heterocycles. The van der Waals surface area contributed by atoms with Crippen LogP contribution in [0.15, 0.2) is 27.9 Å². The van der Waals surface area contributed by atoms with E-state index in [1.54, 1.807) is 32.9 Å². The first-order valence-electron chi connectivity index (χ1n) is 8.43. The number of amides is 2. The van der Waals surface area contributed by atoms with Crippen molar-refractivity contribution < 1.29 is 14.3 Å². The highest BCUT2D eigenvalue weighted by Crippen LogP contribution is 2.06. The number of H-pyrrole nitrogens is 1. The lowest BCUT2D eigenvalue weighted by Gasteiger charge is -2.21. The number of pyridine rings is 1. The van der Waals surface area contributed by atoms with Gasteiger partial charge in [0.05, 0.1) is 5.39 Å². The van der Waals surface area contributed by atoms with Gasteiger partial charge in [0, 0.05) is 19.3 Å². The average molecular weight is 377 g/mol. The van der Waals surface area contributed by atoms with E-state index in [4.69, 9.17) is 4.74 Å². The summed E-state index contributed by atoms with van der Waals surface area (Å²) in [6, 6.07) is 2.32. The molecule has 10 nitrogen and oxygen atoms in total. The molecule has 0 saturated carbocycles. The molecule has 2 amide bonds. The maximum Gasteiger partial charge on any atom is 0.408 e. The number of carbonyl (C=O) groups excluding carboxylic acids is 2. The van der Waals surface area contributed by atoms with Crippen LogP contribution in [0.5, 0.6) is 0 Å². The van der Waals surface area contributed by atoms with E-state index >= 15 is 0 Å². The highest BCUT2D eigenvalue weighted by Gasteiger charge is 2.20. The van der Waals surface area contributed by atoms with E-state index in [9.17, 15) is 19.2 Å². The van der Waals surface area contributed by atoms with E-state index in [2.05, 4.69) is 20.6 Å². The largest absolute Gasteiger partial charge is 0.444 e. The number of hydrogen-bond acceptors (Lipinski definition) is 6. The van der Waals surface area contributed by atoms with Crippen molar-refractivity contribution in [3.8, 4) is 0 Å². The Morgan fingerprint density at radius 2 is 2.04 bits per heavy atom. The third-order valence-corrected chi connectivity index (χ3v) is 3.51. The van der Waals surface area contributed by atoms with Crippen LogP contribution in [0.3, 0.4) is 0 Å². The van der Waals surface area contributed by atoms with Crippen LogP contribution in [0, 0.1) is 0 Å². The van der Waals surface area contributed by atoms with Gasteiger partial charge in [0.1, 0.15) is 17.3 Å². The van der Waals surface area contributed by atoms with Crippen LogP contribution in [0.25, 0.3) is 11.0 Å². The van der Waals surface area contributed by atoms with Gasteiger partial charge in [-0.2, -0.15) is 0 Å². The van der Waals surface area contributed by atoms with Gasteiger partial charge in [0.15, 0.2) is 0 Å². The zero-order valence-electron chi connectivity index (χ0n) is 15.7. The number of nitrogens with zero attached hydrogens (tertiary/aromatic N) is 2. The highest BCUT2D eigenvalue weighted by molar-refractivity contribution is 5.85. The summed E-state index contributed by atoms with van der Waals surface area (Å²) in [5.41, 5.74) is -1.56. The molecule has 0 saturated heterocycles. The summed E-state index contributed by atoms with van der Waals surface area (Å²) in [5.74, 6) is -0.465. The molecule has 10 heteroatoms. The van der Waals surface area contributed by atoms with Crippen LogP contribution >= 0.6 is 0 Å². The van der Waals surface area contributed by atoms with E-state index in [1.165, 1.54) is 13.1 Å². The minimum Gasteiger partial charge on any atom is -0.444 e. The van der Waals surface area contributed by atoms with Gasteiger partial charge in [-0.15, -0.1) is 0 Å². The molecule has 146 valence electrons. The van der Waals surface area contributed by atoms with Gasteiger partial charge >= 0.3 is 11.8 Å². The van der Waals surface area contributed by atoms with Crippen molar-refractivity contribution in [1.82, 2.24) is 25.2 Å². The van der Waals surface area contributed by atoms with Crippen molar-refractivity contribution in [2.75, 3.05) is 6.54 Å². The van der Waals surface area contributed by atoms with Crippen molar-refractivity contribution in [3.63, 3.8) is 0 Å². The molecule has 2 rings (SSSR count). The van der Waals surface area contributed by atoms with Crippen molar-refractivity contribution in [3.05, 3.63) is 39.2 Å². The molecule has 0 aliphatic rings. The van der Waals surface area contributed by atoms with E-state index in [0.717, 1.165) is 4.57 Å². The van der Waals surface area contributed by atoms with E-state index in [1.807, 2.05) is 0 Å². The molecule has 0 radical (unpaired) electrons. The highest BCUT2D eigenvalue weighted by atomic mass is 16.6. The standard InChI is InChI=1S/C17H23N5O5/c1-10(20-16(26)27-17(2,3)4)13(23)19-8-9-22-14(24)11-6-5-7-18-12(11)21-15(22)25/h5-7,10H,8-9H2,1-4H3,(H,19,23)(H,20,26)(H,18,21,25)/t10-/m1/s1. The van der Waals surface area contributed by atoms with Gasteiger partial charge in [-0.25, -0.2) is 14.6 Å². The normalized spacial score (nSPS) is 12.4. The Morgan fingerprint density at radius 1 is 1.33 bits per heavy atom. The van der Waals surface area contributed by atoms with Gasteiger partial charge < -0.3 is 15.4 Å². The molecule has 27 heavy (non-hydrogen) atoms.